The van der Waals surface area contributed by atoms with E-state index in [0.29, 0.717) is 36.5 Å². The van der Waals surface area contributed by atoms with Crippen molar-refractivity contribution in [2.24, 2.45) is 0 Å². The van der Waals surface area contributed by atoms with Crippen LogP contribution in [0.5, 0.6) is 0 Å². The third-order valence-corrected chi connectivity index (χ3v) is 2.43. The highest BCUT2D eigenvalue weighted by molar-refractivity contribution is 5.90. The predicted molar refractivity (Wildman–Crippen MR) is 67.4 cm³/mol. The monoisotopic (exact) mass is 243 g/mol. The van der Waals surface area contributed by atoms with Crippen molar-refractivity contribution in [2.75, 3.05) is 6.54 Å². The minimum atomic E-state index is -0.139. The molecule has 1 rings (SSSR count). The molecule has 1 aromatic rings. The Kier molecular flexibility index (Phi) is 5.33. The van der Waals surface area contributed by atoms with Crippen LogP contribution in [-0.2, 0) is 11.2 Å². The van der Waals surface area contributed by atoms with Gasteiger partial charge in [0.1, 0.15) is 0 Å². The van der Waals surface area contributed by atoms with Gasteiger partial charge in [0.2, 0.25) is 5.91 Å². The molecule has 0 bridgehead atoms. The van der Waals surface area contributed by atoms with Gasteiger partial charge in [-0.05, 0) is 18.1 Å². The van der Waals surface area contributed by atoms with Gasteiger partial charge in [0.15, 0.2) is 12.6 Å². The lowest BCUT2D eigenvalue weighted by atomic mass is 10.0. The summed E-state index contributed by atoms with van der Waals surface area (Å²) in [6.45, 7) is 0.211. The zero-order chi connectivity index (χ0) is 13.4. The molecule has 0 aliphatic rings. The van der Waals surface area contributed by atoms with Crippen LogP contribution in [0.1, 0.15) is 32.7 Å². The van der Waals surface area contributed by atoms with E-state index in [9.17, 15) is 14.4 Å². The van der Waals surface area contributed by atoms with Gasteiger partial charge in [-0.2, -0.15) is 0 Å². The summed E-state index contributed by atoms with van der Waals surface area (Å²) >= 11 is 0. The van der Waals surface area contributed by atoms with Crippen molar-refractivity contribution >= 4 is 18.5 Å². The molecule has 0 atom stereocenters. The van der Waals surface area contributed by atoms with Gasteiger partial charge in [0, 0.05) is 17.5 Å². The van der Waals surface area contributed by atoms with Crippen molar-refractivity contribution in [3.63, 3.8) is 0 Å². The molecule has 0 fully saturated rings. The van der Waals surface area contributed by atoms with Gasteiger partial charge < -0.3 is 5.32 Å². The minimum absolute atomic E-state index is 0.139. The molecule has 18 heavy (non-hydrogen) atoms. The van der Waals surface area contributed by atoms with Crippen molar-refractivity contribution < 1.29 is 14.4 Å². The standard InChI is InChI=1S/C14H13NO3/c1-2-7-15-14(18)6-4-11-3-5-12(9-16)13(8-11)10-17/h1,3,5,8-10H,4,6-7H2,(H,15,18). The molecule has 0 heterocycles. The van der Waals surface area contributed by atoms with Gasteiger partial charge in [0.05, 0.1) is 6.54 Å². The second-order valence-corrected chi connectivity index (χ2v) is 3.68. The molecule has 4 nitrogen and oxygen atoms in total. The van der Waals surface area contributed by atoms with Crippen molar-refractivity contribution in [3.05, 3.63) is 34.9 Å². The summed E-state index contributed by atoms with van der Waals surface area (Å²) in [4.78, 5) is 32.7. The van der Waals surface area contributed by atoms with Crippen LogP contribution in [0.3, 0.4) is 0 Å². The lowest BCUT2D eigenvalue weighted by Gasteiger charge is -2.04. The van der Waals surface area contributed by atoms with Gasteiger partial charge in [-0.25, -0.2) is 0 Å². The summed E-state index contributed by atoms with van der Waals surface area (Å²) in [5, 5.41) is 2.55. The van der Waals surface area contributed by atoms with E-state index in [1.54, 1.807) is 18.2 Å². The lowest BCUT2D eigenvalue weighted by molar-refractivity contribution is -0.120. The van der Waals surface area contributed by atoms with Gasteiger partial charge in [-0.15, -0.1) is 6.42 Å². The van der Waals surface area contributed by atoms with E-state index >= 15 is 0 Å². The molecule has 0 saturated heterocycles. The highest BCUT2D eigenvalue weighted by Gasteiger charge is 2.05. The fourth-order valence-electron chi connectivity index (χ4n) is 1.48. The van der Waals surface area contributed by atoms with Crippen molar-refractivity contribution in [2.45, 2.75) is 12.8 Å². The average molecular weight is 243 g/mol. The van der Waals surface area contributed by atoms with Crippen molar-refractivity contribution in [1.82, 2.24) is 5.32 Å². The van der Waals surface area contributed by atoms with Gasteiger partial charge in [0.25, 0.3) is 0 Å². The SMILES string of the molecule is C#CCNC(=O)CCc1ccc(C=O)c(C=O)c1. The summed E-state index contributed by atoms with van der Waals surface area (Å²) < 4.78 is 0. The number of amides is 1. The third kappa shape index (κ3) is 3.87. The molecule has 0 spiro atoms. The van der Waals surface area contributed by atoms with Crippen LogP contribution in [0.25, 0.3) is 0 Å². The first kappa shape index (κ1) is 13.7. The Hall–Kier alpha value is -2.41. The molecule has 0 radical (unpaired) electrons. The second kappa shape index (κ2) is 7.02. The Morgan fingerprint density at radius 1 is 1.28 bits per heavy atom. The summed E-state index contributed by atoms with van der Waals surface area (Å²) in [6, 6.07) is 4.92. The molecule has 92 valence electrons. The molecule has 1 aromatic carbocycles. The molecular weight excluding hydrogens is 230 g/mol. The molecule has 1 amide bonds. The van der Waals surface area contributed by atoms with Crippen molar-refractivity contribution in [1.29, 1.82) is 0 Å². The number of rotatable bonds is 6. The van der Waals surface area contributed by atoms with Crippen LogP contribution in [0.2, 0.25) is 0 Å². The number of aldehydes is 2. The Morgan fingerprint density at radius 2 is 2.00 bits per heavy atom. The van der Waals surface area contributed by atoms with E-state index in [2.05, 4.69) is 11.2 Å². The summed E-state index contributed by atoms with van der Waals surface area (Å²) in [6.07, 6.45) is 7.07. The average Bonchev–Trinajstić information content (AvgIpc) is 2.42. The minimum Gasteiger partial charge on any atom is -0.345 e. The highest BCUT2D eigenvalue weighted by atomic mass is 16.1. The fraction of sp³-hybridized carbons (Fsp3) is 0.214. The summed E-state index contributed by atoms with van der Waals surface area (Å²) in [5.74, 6) is 2.17. The Morgan fingerprint density at radius 3 is 2.61 bits per heavy atom. The van der Waals surface area contributed by atoms with Gasteiger partial charge in [-0.3, -0.25) is 14.4 Å². The maximum Gasteiger partial charge on any atom is 0.221 e. The number of benzene rings is 1. The number of aryl methyl sites for hydroxylation is 1. The topological polar surface area (TPSA) is 63.2 Å². The smallest absolute Gasteiger partial charge is 0.221 e. The van der Waals surface area contributed by atoms with Gasteiger partial charge in [-0.1, -0.05) is 18.1 Å². The first-order valence-corrected chi connectivity index (χ1v) is 5.44. The number of carbonyl (C=O) groups excluding carboxylic acids is 3. The van der Waals surface area contributed by atoms with E-state index in [1.807, 2.05) is 0 Å². The predicted octanol–water partition coefficient (Wildman–Crippen LogP) is 0.994. The zero-order valence-corrected chi connectivity index (χ0v) is 9.81. The maximum atomic E-state index is 11.3. The summed E-state index contributed by atoms with van der Waals surface area (Å²) in [7, 11) is 0. The largest absolute Gasteiger partial charge is 0.345 e. The number of hydrogen-bond donors (Lipinski definition) is 1. The van der Waals surface area contributed by atoms with Crippen LogP contribution in [-0.4, -0.2) is 25.0 Å². The Bertz CT molecular complexity index is 500. The maximum absolute atomic E-state index is 11.3. The molecule has 0 aliphatic carbocycles. The highest BCUT2D eigenvalue weighted by Crippen LogP contribution is 2.10. The fourth-order valence-corrected chi connectivity index (χ4v) is 1.48. The quantitative estimate of drug-likeness (QED) is 0.598. The van der Waals surface area contributed by atoms with E-state index < -0.39 is 0 Å². The van der Waals surface area contributed by atoms with Crippen LogP contribution in [0.4, 0.5) is 0 Å². The van der Waals surface area contributed by atoms with E-state index in [4.69, 9.17) is 6.42 Å². The zero-order valence-electron chi connectivity index (χ0n) is 9.81. The Labute approximate surface area is 105 Å². The molecule has 0 aliphatic heterocycles. The Balaban J connectivity index is 2.63. The summed E-state index contributed by atoms with van der Waals surface area (Å²) in [5.41, 5.74) is 1.52. The molecule has 4 heteroatoms. The molecule has 0 unspecified atom stereocenters. The van der Waals surface area contributed by atoms with Crippen LogP contribution >= 0.6 is 0 Å². The molecule has 0 aromatic heterocycles. The number of carbonyl (C=O) groups is 3. The third-order valence-electron chi connectivity index (χ3n) is 2.43. The second-order valence-electron chi connectivity index (χ2n) is 3.68. The van der Waals surface area contributed by atoms with Gasteiger partial charge >= 0.3 is 0 Å². The number of nitrogens with one attached hydrogen (secondary N) is 1. The first-order valence-electron chi connectivity index (χ1n) is 5.44. The van der Waals surface area contributed by atoms with Crippen LogP contribution < -0.4 is 5.32 Å². The van der Waals surface area contributed by atoms with E-state index in [1.165, 1.54) is 0 Å². The lowest BCUT2D eigenvalue weighted by Crippen LogP contribution is -2.23. The molecule has 0 saturated carbocycles. The number of terminal acetylenes is 1. The van der Waals surface area contributed by atoms with E-state index in [0.717, 1.165) is 5.56 Å². The number of hydrogen-bond acceptors (Lipinski definition) is 3. The molecule has 1 N–H and O–H groups in total. The normalized spacial score (nSPS) is 9.28. The van der Waals surface area contributed by atoms with Crippen LogP contribution in [0, 0.1) is 12.3 Å². The first-order chi connectivity index (χ1) is 8.71. The molecular formula is C14H13NO3. The van der Waals surface area contributed by atoms with Crippen molar-refractivity contribution in [3.8, 4) is 12.3 Å². The van der Waals surface area contributed by atoms with Crippen LogP contribution in [0.15, 0.2) is 18.2 Å². The van der Waals surface area contributed by atoms with E-state index in [-0.39, 0.29) is 12.5 Å².